The van der Waals surface area contributed by atoms with Crippen molar-refractivity contribution in [1.82, 2.24) is 20.4 Å². The summed E-state index contributed by atoms with van der Waals surface area (Å²) in [5.41, 5.74) is 1.12. The van der Waals surface area contributed by atoms with Crippen LogP contribution in [0, 0.1) is 0 Å². The van der Waals surface area contributed by atoms with E-state index in [9.17, 15) is 4.79 Å². The molecule has 0 bridgehead atoms. The number of likely N-dealkylation sites (N-methyl/N-ethyl adjacent to an activating group) is 1. The molecule has 1 aromatic rings. The minimum absolute atomic E-state index is 0.00664. The summed E-state index contributed by atoms with van der Waals surface area (Å²) in [5, 5.41) is 6.32. The summed E-state index contributed by atoms with van der Waals surface area (Å²) in [7, 11) is 1.92. The lowest BCUT2D eigenvalue weighted by molar-refractivity contribution is -0.122. The molecule has 1 heterocycles. The zero-order valence-electron chi connectivity index (χ0n) is 18.2. The molecule has 0 spiro atoms. The number of carbonyl (C=O) groups is 1. The highest BCUT2D eigenvalue weighted by atomic mass is 16.2. The Kier molecular flexibility index (Phi) is 8.30. The SMILES string of the molecule is CCNC(=NCC1CCCN1Cc1ccccc1)N(C)CC(=O)NC(C)(C)C. The van der Waals surface area contributed by atoms with E-state index in [1.54, 1.807) is 0 Å². The van der Waals surface area contributed by atoms with Crippen molar-refractivity contribution in [2.24, 2.45) is 4.99 Å². The standard InChI is InChI=1S/C22H37N5O/c1-6-23-21(26(5)17-20(28)25-22(2,3)4)24-15-19-13-10-14-27(19)16-18-11-8-7-9-12-18/h7-9,11-12,19H,6,10,13-17H2,1-5H3,(H,23,24)(H,25,28). The zero-order valence-corrected chi connectivity index (χ0v) is 18.2. The number of rotatable bonds is 7. The molecule has 6 nitrogen and oxygen atoms in total. The second-order valence-corrected chi connectivity index (χ2v) is 8.60. The summed E-state index contributed by atoms with van der Waals surface area (Å²) in [6, 6.07) is 11.1. The highest BCUT2D eigenvalue weighted by Gasteiger charge is 2.24. The number of guanidine groups is 1. The van der Waals surface area contributed by atoms with Gasteiger partial charge in [-0.05, 0) is 52.6 Å². The van der Waals surface area contributed by atoms with E-state index in [2.05, 4.69) is 52.8 Å². The molecule has 1 atom stereocenters. The van der Waals surface area contributed by atoms with Crippen LogP contribution in [0.25, 0.3) is 0 Å². The summed E-state index contributed by atoms with van der Waals surface area (Å²) in [6.45, 7) is 11.9. The molecule has 1 saturated heterocycles. The van der Waals surface area contributed by atoms with Crippen LogP contribution >= 0.6 is 0 Å². The normalized spacial score (nSPS) is 18.2. The second-order valence-electron chi connectivity index (χ2n) is 8.60. The van der Waals surface area contributed by atoms with Gasteiger partial charge in [-0.2, -0.15) is 0 Å². The van der Waals surface area contributed by atoms with Gasteiger partial charge in [0.05, 0.1) is 13.1 Å². The van der Waals surface area contributed by atoms with Gasteiger partial charge in [0.15, 0.2) is 5.96 Å². The molecule has 1 aromatic carbocycles. The monoisotopic (exact) mass is 387 g/mol. The molecule has 28 heavy (non-hydrogen) atoms. The zero-order chi connectivity index (χ0) is 20.6. The average molecular weight is 388 g/mol. The topological polar surface area (TPSA) is 60.0 Å². The Labute approximate surface area is 170 Å². The van der Waals surface area contributed by atoms with Gasteiger partial charge in [0.2, 0.25) is 5.91 Å². The quantitative estimate of drug-likeness (QED) is 0.557. The smallest absolute Gasteiger partial charge is 0.240 e. The number of aliphatic imine (C=N–C) groups is 1. The molecule has 0 aliphatic carbocycles. The molecule has 2 rings (SSSR count). The third kappa shape index (κ3) is 7.50. The molecule has 0 aromatic heterocycles. The van der Waals surface area contributed by atoms with Crippen molar-refractivity contribution in [1.29, 1.82) is 0 Å². The van der Waals surface area contributed by atoms with Crippen LogP contribution in [0.1, 0.15) is 46.1 Å². The third-order valence-electron chi connectivity index (χ3n) is 4.77. The first-order chi connectivity index (χ1) is 13.3. The average Bonchev–Trinajstić information content (AvgIpc) is 3.04. The largest absolute Gasteiger partial charge is 0.357 e. The second kappa shape index (κ2) is 10.5. The van der Waals surface area contributed by atoms with Crippen LogP contribution in [-0.2, 0) is 11.3 Å². The van der Waals surface area contributed by atoms with Gasteiger partial charge in [-0.3, -0.25) is 14.7 Å². The Morgan fingerprint density at radius 3 is 2.64 bits per heavy atom. The number of benzene rings is 1. The lowest BCUT2D eigenvalue weighted by Gasteiger charge is -2.27. The first-order valence-electron chi connectivity index (χ1n) is 10.4. The molecule has 156 valence electrons. The van der Waals surface area contributed by atoms with E-state index in [0.717, 1.165) is 32.1 Å². The van der Waals surface area contributed by atoms with Crippen LogP contribution in [-0.4, -0.2) is 66.5 Å². The third-order valence-corrected chi connectivity index (χ3v) is 4.77. The maximum atomic E-state index is 12.2. The van der Waals surface area contributed by atoms with Gasteiger partial charge in [0, 0.05) is 31.7 Å². The number of carbonyl (C=O) groups excluding carboxylic acids is 1. The predicted octanol–water partition coefficient (Wildman–Crippen LogP) is 2.46. The maximum absolute atomic E-state index is 12.2. The molecule has 1 amide bonds. The Bertz CT molecular complexity index is 638. The lowest BCUT2D eigenvalue weighted by atomic mass is 10.1. The van der Waals surface area contributed by atoms with E-state index in [0.29, 0.717) is 12.6 Å². The predicted molar refractivity (Wildman–Crippen MR) is 116 cm³/mol. The van der Waals surface area contributed by atoms with Crippen LogP contribution < -0.4 is 10.6 Å². The first kappa shape index (κ1) is 22.2. The molecule has 2 N–H and O–H groups in total. The van der Waals surface area contributed by atoms with Crippen molar-refractivity contribution in [3.05, 3.63) is 35.9 Å². The first-order valence-corrected chi connectivity index (χ1v) is 10.4. The van der Waals surface area contributed by atoms with E-state index in [-0.39, 0.29) is 11.4 Å². The van der Waals surface area contributed by atoms with E-state index in [1.807, 2.05) is 32.7 Å². The molecule has 0 radical (unpaired) electrons. The summed E-state index contributed by atoms with van der Waals surface area (Å²) >= 11 is 0. The van der Waals surface area contributed by atoms with Crippen LogP contribution in [0.3, 0.4) is 0 Å². The molecular weight excluding hydrogens is 350 g/mol. The van der Waals surface area contributed by atoms with Crippen LogP contribution in [0.4, 0.5) is 0 Å². The van der Waals surface area contributed by atoms with Crippen LogP contribution in [0.15, 0.2) is 35.3 Å². The molecule has 6 heteroatoms. The van der Waals surface area contributed by atoms with Crippen LogP contribution in [0.5, 0.6) is 0 Å². The fraction of sp³-hybridized carbons (Fsp3) is 0.636. The van der Waals surface area contributed by atoms with Gasteiger partial charge in [-0.1, -0.05) is 30.3 Å². The van der Waals surface area contributed by atoms with E-state index in [4.69, 9.17) is 4.99 Å². The minimum Gasteiger partial charge on any atom is -0.357 e. The lowest BCUT2D eigenvalue weighted by Crippen LogP contribution is -2.49. The number of hydrogen-bond acceptors (Lipinski definition) is 3. The summed E-state index contributed by atoms with van der Waals surface area (Å²) in [6.07, 6.45) is 2.39. The Hall–Kier alpha value is -2.08. The van der Waals surface area contributed by atoms with Crippen LogP contribution in [0.2, 0.25) is 0 Å². The van der Waals surface area contributed by atoms with E-state index < -0.39 is 0 Å². The van der Waals surface area contributed by atoms with Crippen molar-refractivity contribution in [2.75, 3.05) is 33.2 Å². The number of nitrogens with one attached hydrogen (secondary N) is 2. The van der Waals surface area contributed by atoms with Crippen molar-refractivity contribution >= 4 is 11.9 Å². The minimum atomic E-state index is -0.227. The van der Waals surface area contributed by atoms with E-state index in [1.165, 1.54) is 18.4 Å². The Balaban J connectivity index is 1.95. The molecule has 0 saturated carbocycles. The van der Waals surface area contributed by atoms with Crippen molar-refractivity contribution < 1.29 is 4.79 Å². The summed E-state index contributed by atoms with van der Waals surface area (Å²) < 4.78 is 0. The molecule has 1 aliphatic rings. The molecule has 1 fully saturated rings. The molecular formula is C22H37N5O. The Morgan fingerprint density at radius 1 is 1.29 bits per heavy atom. The van der Waals surface area contributed by atoms with E-state index >= 15 is 0 Å². The van der Waals surface area contributed by atoms with Gasteiger partial charge in [0.1, 0.15) is 0 Å². The van der Waals surface area contributed by atoms with Gasteiger partial charge in [-0.15, -0.1) is 0 Å². The number of amides is 1. The number of hydrogen-bond donors (Lipinski definition) is 2. The van der Waals surface area contributed by atoms with Crippen molar-refractivity contribution in [2.45, 2.75) is 58.7 Å². The van der Waals surface area contributed by atoms with Crippen molar-refractivity contribution in [3.8, 4) is 0 Å². The number of nitrogens with zero attached hydrogens (tertiary/aromatic N) is 3. The van der Waals surface area contributed by atoms with Gasteiger partial charge in [-0.25, -0.2) is 0 Å². The molecule has 1 unspecified atom stereocenters. The fourth-order valence-corrected chi connectivity index (χ4v) is 3.54. The number of likely N-dealkylation sites (tertiary alicyclic amines) is 1. The highest BCUT2D eigenvalue weighted by Crippen LogP contribution is 2.20. The Morgan fingerprint density at radius 2 is 2.00 bits per heavy atom. The highest BCUT2D eigenvalue weighted by molar-refractivity contribution is 5.86. The van der Waals surface area contributed by atoms with Gasteiger partial charge >= 0.3 is 0 Å². The summed E-state index contributed by atoms with van der Waals surface area (Å²) in [4.78, 5) is 21.5. The van der Waals surface area contributed by atoms with Gasteiger partial charge in [0.25, 0.3) is 0 Å². The van der Waals surface area contributed by atoms with Gasteiger partial charge < -0.3 is 15.5 Å². The fourth-order valence-electron chi connectivity index (χ4n) is 3.54. The maximum Gasteiger partial charge on any atom is 0.240 e. The molecule has 1 aliphatic heterocycles. The van der Waals surface area contributed by atoms with Crippen molar-refractivity contribution in [3.63, 3.8) is 0 Å². The summed E-state index contributed by atoms with van der Waals surface area (Å²) in [5.74, 6) is 0.797.